The first-order valence-corrected chi connectivity index (χ1v) is 17.4. The van der Waals surface area contributed by atoms with Gasteiger partial charge in [-0.25, -0.2) is 19.7 Å². The maximum atomic E-state index is 12.9. The van der Waals surface area contributed by atoms with Crippen molar-refractivity contribution in [1.82, 2.24) is 25.2 Å². The van der Waals surface area contributed by atoms with Crippen molar-refractivity contribution < 1.29 is 28.6 Å². The van der Waals surface area contributed by atoms with Crippen molar-refractivity contribution in [3.63, 3.8) is 0 Å². The predicted molar refractivity (Wildman–Crippen MR) is 190 cm³/mol. The molecular formula is C33H45ClN8O6S. The first-order valence-electron chi connectivity index (χ1n) is 16.2. The van der Waals surface area contributed by atoms with Gasteiger partial charge in [0.05, 0.1) is 30.1 Å². The monoisotopic (exact) mass is 716 g/mol. The van der Waals surface area contributed by atoms with E-state index in [1.165, 1.54) is 17.5 Å². The number of carbonyl (C=O) groups excluding carboxylic acids is 3. The number of amides is 2. The lowest BCUT2D eigenvalue weighted by Crippen LogP contribution is -2.48. The van der Waals surface area contributed by atoms with Gasteiger partial charge in [-0.3, -0.25) is 14.5 Å². The molecule has 1 fully saturated rings. The summed E-state index contributed by atoms with van der Waals surface area (Å²) in [7, 11) is 1.56. The molecule has 0 spiro atoms. The number of nitrogens with one attached hydrogen (secondary N) is 3. The van der Waals surface area contributed by atoms with Crippen LogP contribution in [0.15, 0.2) is 30.5 Å². The van der Waals surface area contributed by atoms with E-state index in [4.69, 9.17) is 25.8 Å². The Morgan fingerprint density at radius 2 is 1.84 bits per heavy atom. The number of aromatic nitrogens is 3. The molecule has 4 rings (SSSR count). The highest BCUT2D eigenvalue weighted by atomic mass is 35.5. The minimum Gasteiger partial charge on any atom is -0.463 e. The number of methoxy groups -OCH3 is 1. The molecule has 0 aliphatic carbocycles. The molecule has 2 aromatic heterocycles. The Balaban J connectivity index is 1.24. The number of anilines is 4. The van der Waals surface area contributed by atoms with Crippen molar-refractivity contribution in [2.75, 3.05) is 81.8 Å². The van der Waals surface area contributed by atoms with Crippen molar-refractivity contribution in [1.29, 1.82) is 0 Å². The Kier molecular flexibility index (Phi) is 14.5. The van der Waals surface area contributed by atoms with Crippen LogP contribution in [-0.4, -0.2) is 110 Å². The van der Waals surface area contributed by atoms with Gasteiger partial charge in [0.15, 0.2) is 5.13 Å². The van der Waals surface area contributed by atoms with E-state index in [0.717, 1.165) is 37.6 Å². The smallest absolute Gasteiger partial charge is 0.328 e. The largest absolute Gasteiger partial charge is 0.463 e. The Morgan fingerprint density at radius 3 is 2.55 bits per heavy atom. The van der Waals surface area contributed by atoms with E-state index < -0.39 is 12.0 Å². The third-order valence-corrected chi connectivity index (χ3v) is 8.82. The van der Waals surface area contributed by atoms with Crippen LogP contribution in [0.2, 0.25) is 5.02 Å². The second-order valence-corrected chi connectivity index (χ2v) is 13.4. The van der Waals surface area contributed by atoms with Crippen molar-refractivity contribution in [2.24, 2.45) is 5.92 Å². The number of halogens is 1. The summed E-state index contributed by atoms with van der Waals surface area (Å²) in [6, 6.07) is 6.58. The highest BCUT2D eigenvalue weighted by molar-refractivity contribution is 7.17. The molecule has 0 unspecified atom stereocenters. The number of aryl methyl sites for hydroxylation is 2. The number of para-hydroxylation sites is 1. The van der Waals surface area contributed by atoms with Crippen LogP contribution in [0, 0.1) is 19.8 Å². The number of hydrogen-bond acceptors (Lipinski definition) is 13. The number of benzene rings is 1. The van der Waals surface area contributed by atoms with Crippen molar-refractivity contribution in [2.45, 2.75) is 40.2 Å². The molecule has 1 atom stereocenters. The first kappa shape index (κ1) is 37.9. The van der Waals surface area contributed by atoms with Gasteiger partial charge in [0, 0.05) is 45.9 Å². The fraction of sp³-hybridized carbons (Fsp3) is 0.515. The molecule has 3 heterocycles. The standard InChI is InChI=1S/C33H45ClN8O6S/c1-21(2)17-25(38-29(43)20-47-16-15-46-5)32(45)48-14-13-41-9-11-42(12-10-41)28-18-27(36-23(4)37-28)39-33-35-19-26(49-33)31(44)40-30-22(3)7-6-8-24(30)34/h6-8,18-19,21,25H,9-17,20H2,1-5H3,(H,38,43)(H,40,44)(H,35,36,37,39)/t25-/m0/s1. The van der Waals surface area contributed by atoms with Crippen LogP contribution in [-0.2, 0) is 23.8 Å². The summed E-state index contributed by atoms with van der Waals surface area (Å²) in [4.78, 5) is 56.3. The van der Waals surface area contributed by atoms with E-state index in [0.29, 0.717) is 58.5 Å². The van der Waals surface area contributed by atoms with Crippen LogP contribution in [0.3, 0.4) is 0 Å². The summed E-state index contributed by atoms with van der Waals surface area (Å²) >= 11 is 7.48. The van der Waals surface area contributed by atoms with Gasteiger partial charge in [-0.1, -0.05) is 48.9 Å². The maximum Gasteiger partial charge on any atom is 0.328 e. The molecule has 1 aliphatic heterocycles. The minimum absolute atomic E-state index is 0.144. The average molecular weight is 717 g/mol. The molecular weight excluding hydrogens is 672 g/mol. The first-order chi connectivity index (χ1) is 23.5. The molecule has 16 heteroatoms. The van der Waals surface area contributed by atoms with Crippen LogP contribution in [0.25, 0.3) is 0 Å². The number of rotatable bonds is 17. The molecule has 3 aromatic rings. The Morgan fingerprint density at radius 1 is 1.06 bits per heavy atom. The number of thiazole rings is 1. The summed E-state index contributed by atoms with van der Waals surface area (Å²) in [6.45, 7) is 12.0. The van der Waals surface area contributed by atoms with Gasteiger partial charge >= 0.3 is 5.97 Å². The molecule has 0 radical (unpaired) electrons. The number of hydrogen-bond donors (Lipinski definition) is 3. The lowest BCUT2D eigenvalue weighted by molar-refractivity contribution is -0.149. The van der Waals surface area contributed by atoms with Crippen LogP contribution in [0.5, 0.6) is 0 Å². The summed E-state index contributed by atoms with van der Waals surface area (Å²) in [5, 5.41) is 9.81. The highest BCUT2D eigenvalue weighted by Crippen LogP contribution is 2.28. The molecule has 49 heavy (non-hydrogen) atoms. The van der Waals surface area contributed by atoms with Crippen LogP contribution in [0.4, 0.5) is 22.5 Å². The average Bonchev–Trinajstić information content (AvgIpc) is 3.53. The van der Waals surface area contributed by atoms with Crippen molar-refractivity contribution >= 4 is 63.2 Å². The van der Waals surface area contributed by atoms with E-state index in [9.17, 15) is 14.4 Å². The Labute approximate surface area is 295 Å². The normalized spacial score (nSPS) is 14.1. The zero-order valence-electron chi connectivity index (χ0n) is 28.6. The quantitative estimate of drug-likeness (QED) is 0.136. The fourth-order valence-electron chi connectivity index (χ4n) is 5.09. The van der Waals surface area contributed by atoms with E-state index in [-0.39, 0.29) is 30.9 Å². The fourth-order valence-corrected chi connectivity index (χ4v) is 6.08. The Hall–Kier alpha value is -3.89. The third kappa shape index (κ3) is 11.9. The van der Waals surface area contributed by atoms with Gasteiger partial charge < -0.3 is 35.1 Å². The molecule has 14 nitrogen and oxygen atoms in total. The van der Waals surface area contributed by atoms with Crippen LogP contribution < -0.4 is 20.9 Å². The van der Waals surface area contributed by atoms with Gasteiger partial charge in [-0.05, 0) is 37.8 Å². The molecule has 1 aromatic carbocycles. The van der Waals surface area contributed by atoms with Crippen LogP contribution in [0.1, 0.15) is 41.3 Å². The summed E-state index contributed by atoms with van der Waals surface area (Å²) < 4.78 is 15.7. The second-order valence-electron chi connectivity index (χ2n) is 12.0. The zero-order chi connectivity index (χ0) is 35.3. The van der Waals surface area contributed by atoms with E-state index >= 15 is 0 Å². The molecule has 0 saturated carbocycles. The van der Waals surface area contributed by atoms with Gasteiger partial charge in [0.1, 0.15) is 41.6 Å². The number of ether oxygens (including phenoxy) is 3. The number of nitrogens with zero attached hydrogens (tertiary/aromatic N) is 5. The number of piperazine rings is 1. The lowest BCUT2D eigenvalue weighted by atomic mass is 10.0. The molecule has 2 amide bonds. The summed E-state index contributed by atoms with van der Waals surface area (Å²) in [5.74, 6) is 1.04. The topological polar surface area (TPSA) is 160 Å². The third-order valence-electron chi connectivity index (χ3n) is 7.59. The number of esters is 1. The summed E-state index contributed by atoms with van der Waals surface area (Å²) in [6.07, 6.45) is 1.99. The van der Waals surface area contributed by atoms with Gasteiger partial charge in [0.25, 0.3) is 5.91 Å². The molecule has 266 valence electrons. The van der Waals surface area contributed by atoms with Crippen LogP contribution >= 0.6 is 22.9 Å². The highest BCUT2D eigenvalue weighted by Gasteiger charge is 2.25. The minimum atomic E-state index is -0.732. The van der Waals surface area contributed by atoms with Crippen molar-refractivity contribution in [3.8, 4) is 0 Å². The predicted octanol–water partition coefficient (Wildman–Crippen LogP) is 4.06. The lowest BCUT2D eigenvalue weighted by Gasteiger charge is -2.35. The van der Waals surface area contributed by atoms with E-state index in [2.05, 4.69) is 40.7 Å². The summed E-state index contributed by atoms with van der Waals surface area (Å²) in [5.41, 5.74) is 1.44. The van der Waals surface area contributed by atoms with Crippen molar-refractivity contribution in [3.05, 3.63) is 51.7 Å². The SMILES string of the molecule is COCCOCC(=O)N[C@@H](CC(C)C)C(=O)OCCN1CCN(c2cc(Nc3ncc(C(=O)Nc4c(C)cccc4Cl)s3)nc(C)n2)CC1. The number of carbonyl (C=O) groups is 3. The molecule has 1 aliphatic rings. The van der Waals surface area contributed by atoms with E-state index in [1.54, 1.807) is 13.2 Å². The zero-order valence-corrected chi connectivity index (χ0v) is 30.2. The van der Waals surface area contributed by atoms with E-state index in [1.807, 2.05) is 45.9 Å². The molecule has 1 saturated heterocycles. The molecule has 3 N–H and O–H groups in total. The Bertz CT molecular complexity index is 1550. The molecule has 0 bridgehead atoms. The van der Waals surface area contributed by atoms with Gasteiger partial charge in [-0.2, -0.15) is 0 Å². The van der Waals surface area contributed by atoms with Gasteiger partial charge in [-0.15, -0.1) is 0 Å². The van der Waals surface area contributed by atoms with Gasteiger partial charge in [0.2, 0.25) is 5.91 Å². The second kappa shape index (κ2) is 18.8. The maximum absolute atomic E-state index is 12.9.